The first-order chi connectivity index (χ1) is 19.7. The van der Waals surface area contributed by atoms with Crippen molar-refractivity contribution in [1.29, 1.82) is 0 Å². The number of carbonyl (C=O) groups is 3. The van der Waals surface area contributed by atoms with E-state index in [1.165, 1.54) is 0 Å². The van der Waals surface area contributed by atoms with Gasteiger partial charge >= 0.3 is 5.97 Å². The molecule has 0 bridgehead atoms. The summed E-state index contributed by atoms with van der Waals surface area (Å²) in [5, 5.41) is 0.801. The fourth-order valence-electron chi connectivity index (χ4n) is 5.57. The van der Waals surface area contributed by atoms with Gasteiger partial charge in [0.15, 0.2) is 0 Å². The zero-order chi connectivity index (χ0) is 29.1. The van der Waals surface area contributed by atoms with Crippen molar-refractivity contribution in [2.24, 2.45) is 11.3 Å². The number of ether oxygens (including phenoxy) is 1. The number of esters is 1. The topological polar surface area (TPSA) is 66.9 Å². The van der Waals surface area contributed by atoms with Crippen LogP contribution in [0.2, 0.25) is 10.0 Å². The van der Waals surface area contributed by atoms with Crippen LogP contribution in [0.4, 0.5) is 0 Å². The lowest BCUT2D eigenvalue weighted by Gasteiger charge is -2.57. The van der Waals surface area contributed by atoms with Gasteiger partial charge in [-0.05, 0) is 74.4 Å². The molecule has 1 spiro atoms. The standard InChI is InChI=1S/C33H30Cl2N2O4/c1-3-41-32(40)27-19-36(31(39)26-15-16-28(34)22(2)29(26)35)18-17-33(27)20-37(21-33)30(38)25-13-11-24(12-14-25)10-9-23-7-5-4-6-8-23/h4-8,11-16,27H,3,17-21H2,1-2H3. The van der Waals surface area contributed by atoms with Crippen molar-refractivity contribution in [3.8, 4) is 11.8 Å². The molecule has 3 aromatic rings. The molecule has 2 fully saturated rings. The van der Waals surface area contributed by atoms with E-state index in [0.717, 1.165) is 11.1 Å². The number of hydrogen-bond acceptors (Lipinski definition) is 4. The Balaban J connectivity index is 1.27. The molecule has 0 aromatic heterocycles. The number of carbonyl (C=O) groups excluding carboxylic acids is 3. The molecule has 1 unspecified atom stereocenters. The van der Waals surface area contributed by atoms with Crippen LogP contribution in [-0.2, 0) is 9.53 Å². The second-order valence-electron chi connectivity index (χ2n) is 10.6. The highest BCUT2D eigenvalue weighted by Crippen LogP contribution is 2.46. The number of hydrogen-bond donors (Lipinski definition) is 0. The summed E-state index contributed by atoms with van der Waals surface area (Å²) in [6.07, 6.45) is 0.574. The van der Waals surface area contributed by atoms with Crippen LogP contribution in [0.15, 0.2) is 66.7 Å². The Bertz CT molecular complexity index is 1540. The molecule has 3 aromatic carbocycles. The first-order valence-electron chi connectivity index (χ1n) is 13.6. The average Bonchev–Trinajstić information content (AvgIpc) is 2.97. The van der Waals surface area contributed by atoms with Crippen LogP contribution in [0, 0.1) is 30.1 Å². The number of likely N-dealkylation sites (tertiary alicyclic amines) is 2. The van der Waals surface area contributed by atoms with Gasteiger partial charge in [0.2, 0.25) is 0 Å². The molecule has 2 saturated heterocycles. The molecular formula is C33H30Cl2N2O4. The summed E-state index contributed by atoms with van der Waals surface area (Å²) in [6, 6.07) is 20.2. The van der Waals surface area contributed by atoms with E-state index in [9.17, 15) is 14.4 Å². The molecular weight excluding hydrogens is 559 g/mol. The van der Waals surface area contributed by atoms with Gasteiger partial charge in [-0.2, -0.15) is 0 Å². The zero-order valence-corrected chi connectivity index (χ0v) is 24.5. The van der Waals surface area contributed by atoms with E-state index in [1.54, 1.807) is 47.9 Å². The van der Waals surface area contributed by atoms with Crippen LogP contribution in [-0.4, -0.2) is 60.4 Å². The summed E-state index contributed by atoms with van der Waals surface area (Å²) in [6.45, 7) is 5.26. The lowest BCUT2D eigenvalue weighted by atomic mass is 9.64. The summed E-state index contributed by atoms with van der Waals surface area (Å²) in [7, 11) is 0. The van der Waals surface area contributed by atoms with Gasteiger partial charge in [0, 0.05) is 53.3 Å². The van der Waals surface area contributed by atoms with Gasteiger partial charge in [-0.15, -0.1) is 0 Å². The molecule has 210 valence electrons. The minimum Gasteiger partial charge on any atom is -0.466 e. The summed E-state index contributed by atoms with van der Waals surface area (Å²) < 4.78 is 5.42. The van der Waals surface area contributed by atoms with Crippen LogP contribution >= 0.6 is 23.2 Å². The largest absolute Gasteiger partial charge is 0.466 e. The maximum Gasteiger partial charge on any atom is 0.311 e. The third-order valence-electron chi connectivity index (χ3n) is 7.99. The Kier molecular flexibility index (Phi) is 8.40. The van der Waals surface area contributed by atoms with E-state index in [4.69, 9.17) is 27.9 Å². The summed E-state index contributed by atoms with van der Waals surface area (Å²) >= 11 is 12.6. The first kappa shape index (κ1) is 28.7. The Morgan fingerprint density at radius 2 is 1.56 bits per heavy atom. The highest BCUT2D eigenvalue weighted by molar-refractivity contribution is 6.38. The van der Waals surface area contributed by atoms with Crippen molar-refractivity contribution < 1.29 is 19.1 Å². The number of halogens is 2. The molecule has 2 aliphatic rings. The smallest absolute Gasteiger partial charge is 0.311 e. The molecule has 2 aliphatic heterocycles. The summed E-state index contributed by atoms with van der Waals surface area (Å²) in [4.78, 5) is 43.2. The van der Waals surface area contributed by atoms with Crippen LogP contribution in [0.25, 0.3) is 0 Å². The number of rotatable bonds is 4. The third kappa shape index (κ3) is 5.84. The zero-order valence-electron chi connectivity index (χ0n) is 23.0. The van der Waals surface area contributed by atoms with Crippen LogP contribution in [0.3, 0.4) is 0 Å². The minimum absolute atomic E-state index is 0.0947. The Morgan fingerprint density at radius 1 is 0.902 bits per heavy atom. The fourth-order valence-corrected chi connectivity index (χ4v) is 6.02. The Labute approximate surface area is 250 Å². The average molecular weight is 590 g/mol. The molecule has 2 amide bonds. The van der Waals surface area contributed by atoms with E-state index in [0.29, 0.717) is 52.8 Å². The molecule has 2 heterocycles. The highest BCUT2D eigenvalue weighted by Gasteiger charge is 2.56. The quantitative estimate of drug-likeness (QED) is 0.282. The fraction of sp³-hybridized carbons (Fsp3) is 0.303. The van der Waals surface area contributed by atoms with E-state index in [2.05, 4.69) is 11.8 Å². The maximum atomic E-state index is 13.4. The number of nitrogens with zero attached hydrogens (tertiary/aromatic N) is 2. The molecule has 1 atom stereocenters. The minimum atomic E-state index is -0.549. The predicted molar refractivity (Wildman–Crippen MR) is 159 cm³/mol. The van der Waals surface area contributed by atoms with Gasteiger partial charge in [-0.3, -0.25) is 14.4 Å². The summed E-state index contributed by atoms with van der Waals surface area (Å²) in [5.41, 5.74) is 2.86. The van der Waals surface area contributed by atoms with Crippen molar-refractivity contribution >= 4 is 41.0 Å². The molecule has 6 nitrogen and oxygen atoms in total. The van der Waals surface area contributed by atoms with Crippen LogP contribution in [0.5, 0.6) is 0 Å². The molecule has 41 heavy (non-hydrogen) atoms. The molecule has 0 aliphatic carbocycles. The Morgan fingerprint density at radius 3 is 2.22 bits per heavy atom. The number of amides is 2. The predicted octanol–water partition coefficient (Wildman–Crippen LogP) is 5.87. The number of benzene rings is 3. The third-order valence-corrected chi connectivity index (χ3v) is 8.88. The normalized spacial score (nSPS) is 17.3. The molecule has 0 radical (unpaired) electrons. The lowest BCUT2D eigenvalue weighted by Crippen LogP contribution is -2.67. The van der Waals surface area contributed by atoms with E-state index >= 15 is 0 Å². The van der Waals surface area contributed by atoms with Crippen LogP contribution < -0.4 is 0 Å². The van der Waals surface area contributed by atoms with Crippen molar-refractivity contribution in [3.63, 3.8) is 0 Å². The van der Waals surface area contributed by atoms with Crippen molar-refractivity contribution in [1.82, 2.24) is 9.80 Å². The maximum absolute atomic E-state index is 13.4. The second-order valence-corrected chi connectivity index (χ2v) is 11.3. The highest BCUT2D eigenvalue weighted by atomic mass is 35.5. The molecule has 5 rings (SSSR count). The van der Waals surface area contributed by atoms with Gasteiger partial charge in [0.05, 0.1) is 23.1 Å². The van der Waals surface area contributed by atoms with Gasteiger partial charge in [0.1, 0.15) is 0 Å². The van der Waals surface area contributed by atoms with Crippen LogP contribution in [0.1, 0.15) is 50.8 Å². The summed E-state index contributed by atoms with van der Waals surface area (Å²) in [5.74, 6) is 5.00. The lowest BCUT2D eigenvalue weighted by molar-refractivity contribution is -0.164. The van der Waals surface area contributed by atoms with E-state index in [-0.39, 0.29) is 30.9 Å². The monoisotopic (exact) mass is 588 g/mol. The number of piperidine rings is 1. The van der Waals surface area contributed by atoms with E-state index in [1.807, 2.05) is 42.5 Å². The van der Waals surface area contributed by atoms with Gasteiger partial charge in [-0.25, -0.2) is 0 Å². The van der Waals surface area contributed by atoms with Gasteiger partial charge < -0.3 is 14.5 Å². The van der Waals surface area contributed by atoms with E-state index < -0.39 is 11.3 Å². The Hall–Kier alpha value is -3.79. The second kappa shape index (κ2) is 12.0. The van der Waals surface area contributed by atoms with Crippen molar-refractivity contribution in [2.45, 2.75) is 20.3 Å². The van der Waals surface area contributed by atoms with Crippen molar-refractivity contribution in [3.05, 3.63) is 105 Å². The first-order valence-corrected chi connectivity index (χ1v) is 14.3. The molecule has 8 heteroatoms. The van der Waals surface area contributed by atoms with Crippen molar-refractivity contribution in [2.75, 3.05) is 32.8 Å². The SMILES string of the molecule is CCOC(=O)C1CN(C(=O)c2ccc(Cl)c(C)c2Cl)CCC12CN(C(=O)c1ccc(C#Cc3ccccc3)cc1)C2. The molecule has 0 N–H and O–H groups in total. The van der Waals surface area contributed by atoms with Gasteiger partial charge in [-0.1, -0.05) is 53.2 Å². The van der Waals surface area contributed by atoms with Gasteiger partial charge in [0.25, 0.3) is 11.8 Å². The molecule has 0 saturated carbocycles.